The number of thioether (sulfide) groups is 1. The number of rotatable bonds is 5. The Bertz CT molecular complexity index is 630. The van der Waals surface area contributed by atoms with Gasteiger partial charge in [-0.05, 0) is 57.2 Å². The molecule has 26 heavy (non-hydrogen) atoms. The third-order valence-electron chi connectivity index (χ3n) is 4.76. The van der Waals surface area contributed by atoms with Crippen LogP contribution in [0.1, 0.15) is 45.5 Å². The molecule has 1 atom stereocenters. The minimum absolute atomic E-state index is 0.000906. The number of benzene rings is 1. The molecule has 1 aromatic rings. The van der Waals surface area contributed by atoms with E-state index in [9.17, 15) is 18.0 Å². The molecule has 1 aromatic carbocycles. The lowest BCUT2D eigenvalue weighted by molar-refractivity contribution is -0.140. The van der Waals surface area contributed by atoms with Crippen molar-refractivity contribution in [1.82, 2.24) is 0 Å². The number of halogens is 3. The first-order valence-corrected chi connectivity index (χ1v) is 8.94. The third kappa shape index (κ3) is 4.95. The highest BCUT2D eigenvalue weighted by Crippen LogP contribution is 2.42. The molecule has 1 unspecified atom stereocenters. The Morgan fingerprint density at radius 1 is 1.15 bits per heavy atom. The maximum atomic E-state index is 12.5. The molecule has 1 saturated heterocycles. The lowest BCUT2D eigenvalue weighted by Gasteiger charge is -2.32. The van der Waals surface area contributed by atoms with Gasteiger partial charge in [-0.2, -0.15) is 13.2 Å². The number of esters is 1. The maximum absolute atomic E-state index is 12.5. The van der Waals surface area contributed by atoms with E-state index < -0.39 is 35.6 Å². The summed E-state index contributed by atoms with van der Waals surface area (Å²) in [6.45, 7) is 7.58. The van der Waals surface area contributed by atoms with Gasteiger partial charge in [-0.15, -0.1) is 0 Å². The number of hydrogen-bond donors (Lipinski definition) is 0. The molecule has 0 amide bonds. The van der Waals surface area contributed by atoms with Crippen molar-refractivity contribution in [3.05, 3.63) is 29.8 Å². The first-order valence-electron chi connectivity index (χ1n) is 8.13. The van der Waals surface area contributed by atoms with Crippen LogP contribution >= 0.6 is 11.8 Å². The van der Waals surface area contributed by atoms with Gasteiger partial charge in [0.25, 0.3) is 0 Å². The van der Waals surface area contributed by atoms with E-state index in [2.05, 4.69) is 0 Å². The van der Waals surface area contributed by atoms with Crippen molar-refractivity contribution in [3.8, 4) is 0 Å². The summed E-state index contributed by atoms with van der Waals surface area (Å²) >= 11 is -0.183. The largest absolute Gasteiger partial charge is 0.469 e. The summed E-state index contributed by atoms with van der Waals surface area (Å²) in [7, 11) is 0.576. The van der Waals surface area contributed by atoms with Crippen LogP contribution in [0.5, 0.6) is 0 Å². The van der Waals surface area contributed by atoms with Crippen molar-refractivity contribution in [3.63, 3.8) is 0 Å². The molecule has 0 saturated carbocycles. The van der Waals surface area contributed by atoms with Crippen LogP contribution in [0.25, 0.3) is 0 Å². The number of carbonyl (C=O) groups excluding carboxylic acids is 1. The van der Waals surface area contributed by atoms with Gasteiger partial charge >= 0.3 is 18.6 Å². The highest BCUT2D eigenvalue weighted by atomic mass is 32.2. The molecular formula is C17H22BF3O4S. The van der Waals surface area contributed by atoms with Crippen LogP contribution in [0.4, 0.5) is 13.2 Å². The molecule has 0 bridgehead atoms. The van der Waals surface area contributed by atoms with E-state index in [4.69, 9.17) is 14.0 Å². The van der Waals surface area contributed by atoms with Crippen LogP contribution in [-0.4, -0.2) is 36.9 Å². The van der Waals surface area contributed by atoms with Crippen LogP contribution in [0.2, 0.25) is 0 Å². The Balaban J connectivity index is 2.27. The van der Waals surface area contributed by atoms with Crippen LogP contribution in [0, 0.1) is 0 Å². The van der Waals surface area contributed by atoms with Crippen molar-refractivity contribution in [2.24, 2.45) is 0 Å². The Morgan fingerprint density at radius 3 is 2.08 bits per heavy atom. The van der Waals surface area contributed by atoms with Crippen molar-refractivity contribution in [1.29, 1.82) is 0 Å². The third-order valence-corrected chi connectivity index (χ3v) is 5.50. The van der Waals surface area contributed by atoms with E-state index in [1.807, 2.05) is 27.7 Å². The fourth-order valence-electron chi connectivity index (χ4n) is 2.60. The monoisotopic (exact) mass is 390 g/mol. The number of methoxy groups -OCH3 is 1. The Kier molecular flexibility index (Phi) is 6.04. The van der Waals surface area contributed by atoms with Crippen LogP contribution in [-0.2, 0) is 18.8 Å². The average molecular weight is 390 g/mol. The van der Waals surface area contributed by atoms with Crippen LogP contribution in [0.15, 0.2) is 29.2 Å². The first kappa shape index (κ1) is 21.1. The molecule has 9 heteroatoms. The number of ether oxygens (including phenoxy) is 1. The lowest BCUT2D eigenvalue weighted by Crippen LogP contribution is -2.41. The topological polar surface area (TPSA) is 44.8 Å². The second-order valence-corrected chi connectivity index (χ2v) is 8.27. The Labute approximate surface area is 155 Å². The maximum Gasteiger partial charge on any atom is 0.466 e. The Hall–Kier alpha value is -1.19. The van der Waals surface area contributed by atoms with Gasteiger partial charge in [0.05, 0.1) is 24.7 Å². The Morgan fingerprint density at radius 2 is 1.65 bits per heavy atom. The van der Waals surface area contributed by atoms with Gasteiger partial charge in [-0.3, -0.25) is 4.79 Å². The SMILES string of the molecule is COC(=O)CC(B1OC(C)(C)C(C)(C)O1)c1ccc(SC(F)(F)F)cc1. The molecule has 0 aliphatic carbocycles. The zero-order chi connectivity index (χ0) is 19.8. The van der Waals surface area contributed by atoms with Crippen molar-refractivity contribution in [2.45, 2.75) is 61.5 Å². The predicted octanol–water partition coefficient (Wildman–Crippen LogP) is 4.58. The average Bonchev–Trinajstić information content (AvgIpc) is 2.72. The molecule has 1 aliphatic heterocycles. The standard InChI is InChI=1S/C17H22BF3O4S/c1-15(2)16(3,4)25-18(24-15)13(10-14(22)23-5)11-6-8-12(9-7-11)26-17(19,20)21/h6-9,13H,10H2,1-5H3. The van der Waals surface area contributed by atoms with E-state index in [0.29, 0.717) is 5.56 Å². The second kappa shape index (κ2) is 7.44. The molecule has 0 radical (unpaired) electrons. The molecule has 4 nitrogen and oxygen atoms in total. The highest BCUT2D eigenvalue weighted by molar-refractivity contribution is 8.00. The number of alkyl halides is 3. The lowest BCUT2D eigenvalue weighted by atomic mass is 9.66. The van der Waals surface area contributed by atoms with Crippen molar-refractivity contribution in [2.75, 3.05) is 7.11 Å². The molecule has 2 rings (SSSR count). The van der Waals surface area contributed by atoms with E-state index >= 15 is 0 Å². The van der Waals surface area contributed by atoms with E-state index in [1.165, 1.54) is 19.2 Å². The zero-order valence-electron chi connectivity index (χ0n) is 15.3. The fraction of sp³-hybridized carbons (Fsp3) is 0.588. The summed E-state index contributed by atoms with van der Waals surface area (Å²) < 4.78 is 54.3. The molecule has 0 N–H and O–H groups in total. The van der Waals surface area contributed by atoms with Crippen molar-refractivity contribution >= 4 is 24.8 Å². The molecule has 144 valence electrons. The summed E-state index contributed by atoms with van der Waals surface area (Å²) in [6.07, 6.45) is -0.000906. The minimum atomic E-state index is -4.35. The van der Waals surface area contributed by atoms with Gasteiger partial charge in [0.2, 0.25) is 0 Å². The van der Waals surface area contributed by atoms with Gasteiger partial charge in [-0.1, -0.05) is 12.1 Å². The predicted molar refractivity (Wildman–Crippen MR) is 93.8 cm³/mol. The summed E-state index contributed by atoms with van der Waals surface area (Å²) in [5, 5.41) is 0. The van der Waals surface area contributed by atoms with Gasteiger partial charge in [0, 0.05) is 10.7 Å². The summed E-state index contributed by atoms with van der Waals surface area (Å²) in [6, 6.07) is 5.88. The van der Waals surface area contributed by atoms with E-state index in [-0.39, 0.29) is 23.1 Å². The van der Waals surface area contributed by atoms with Crippen LogP contribution < -0.4 is 0 Å². The van der Waals surface area contributed by atoms with Gasteiger partial charge in [0.1, 0.15) is 0 Å². The molecule has 1 fully saturated rings. The smallest absolute Gasteiger partial charge is 0.466 e. The zero-order valence-corrected chi connectivity index (χ0v) is 16.2. The number of carbonyl (C=O) groups is 1. The second-order valence-electron chi connectivity index (χ2n) is 7.13. The molecule has 1 heterocycles. The van der Waals surface area contributed by atoms with Gasteiger partial charge < -0.3 is 14.0 Å². The van der Waals surface area contributed by atoms with Crippen molar-refractivity contribution < 1.29 is 32.0 Å². The first-order chi connectivity index (χ1) is 11.8. The molecular weight excluding hydrogens is 368 g/mol. The minimum Gasteiger partial charge on any atom is -0.469 e. The molecule has 0 spiro atoms. The normalized spacial score (nSPS) is 20.1. The van der Waals surface area contributed by atoms with E-state index in [1.54, 1.807) is 12.1 Å². The summed E-state index contributed by atoms with van der Waals surface area (Å²) in [4.78, 5) is 11.9. The summed E-state index contributed by atoms with van der Waals surface area (Å²) in [5.74, 6) is -0.938. The van der Waals surface area contributed by atoms with Gasteiger partial charge in [-0.25, -0.2) is 0 Å². The van der Waals surface area contributed by atoms with E-state index in [0.717, 1.165) is 0 Å². The molecule has 1 aliphatic rings. The van der Waals surface area contributed by atoms with Crippen LogP contribution in [0.3, 0.4) is 0 Å². The summed E-state index contributed by atoms with van der Waals surface area (Å²) in [5.41, 5.74) is -4.87. The molecule has 0 aromatic heterocycles. The quantitative estimate of drug-likeness (QED) is 0.419. The number of hydrogen-bond acceptors (Lipinski definition) is 5. The van der Waals surface area contributed by atoms with Gasteiger partial charge in [0.15, 0.2) is 0 Å². The fourth-order valence-corrected chi connectivity index (χ4v) is 3.14. The highest BCUT2D eigenvalue weighted by Gasteiger charge is 2.54.